The predicted molar refractivity (Wildman–Crippen MR) is 101 cm³/mol. The molecular weight excluding hydrogens is 498 g/mol. The van der Waals surface area contributed by atoms with E-state index in [4.69, 9.17) is 10.5 Å². The summed E-state index contributed by atoms with van der Waals surface area (Å²) in [6.45, 7) is 8.38. The van der Waals surface area contributed by atoms with Crippen molar-refractivity contribution in [3.63, 3.8) is 0 Å². The summed E-state index contributed by atoms with van der Waals surface area (Å²) in [4.78, 5) is 21.2. The smallest absolute Gasteiger partial charge is 0.699 e. The first kappa shape index (κ1) is 24.8. The van der Waals surface area contributed by atoms with Crippen LogP contribution in [0.4, 0.5) is 5.69 Å². The molecule has 2 rings (SSSR count). The van der Waals surface area contributed by atoms with Crippen LogP contribution in [0.3, 0.4) is 0 Å². The van der Waals surface area contributed by atoms with Gasteiger partial charge in [0.15, 0.2) is 0 Å². The van der Waals surface area contributed by atoms with Crippen molar-refractivity contribution in [3.8, 4) is 0 Å². The second-order valence-corrected chi connectivity index (χ2v) is 8.01. The van der Waals surface area contributed by atoms with E-state index in [9.17, 15) is 9.59 Å². The third-order valence-electron chi connectivity index (χ3n) is 4.81. The van der Waals surface area contributed by atoms with Gasteiger partial charge >= 0.3 is 27.0 Å². The van der Waals surface area contributed by atoms with E-state index in [0.29, 0.717) is 11.1 Å². The first-order chi connectivity index (χ1) is 11.7. The molecule has 1 aromatic carbocycles. The van der Waals surface area contributed by atoms with Crippen molar-refractivity contribution in [1.29, 1.82) is 0 Å². The van der Waals surface area contributed by atoms with Crippen LogP contribution in [-0.4, -0.2) is 12.3 Å². The molecule has 0 atom stereocenters. The number of carbonyl (C=O) groups excluding carboxylic acids is 2. The maximum atomic E-state index is 10.8. The van der Waals surface area contributed by atoms with Crippen molar-refractivity contribution < 1.29 is 35.4 Å². The Labute approximate surface area is 172 Å². The minimum Gasteiger partial charge on any atom is -0.699 e. The number of ether oxygens (including phenoxy) is 1. The van der Waals surface area contributed by atoms with E-state index in [1.165, 1.54) is 32.6 Å². The van der Waals surface area contributed by atoms with Crippen molar-refractivity contribution in [2.75, 3.05) is 0 Å². The Morgan fingerprint density at radius 1 is 1.08 bits per heavy atom. The Hall–Kier alpha value is -1.15. The van der Waals surface area contributed by atoms with Crippen LogP contribution in [0, 0.1) is 10.8 Å². The third kappa shape index (κ3) is 10.1. The van der Waals surface area contributed by atoms with Crippen molar-refractivity contribution in [1.82, 2.24) is 0 Å². The molecular formula is C21H31NO3W. The molecule has 0 aromatic heterocycles. The molecule has 0 aliphatic heterocycles. The molecule has 1 aliphatic rings. The van der Waals surface area contributed by atoms with Crippen LogP contribution in [-0.2, 0) is 42.0 Å². The topological polar surface area (TPSA) is 67.2 Å². The fourth-order valence-corrected chi connectivity index (χ4v) is 3.05. The Bertz CT molecular complexity index is 543. The molecule has 1 aromatic rings. The molecule has 4 nitrogen and oxygen atoms in total. The van der Waals surface area contributed by atoms with E-state index < -0.39 is 0 Å². The van der Waals surface area contributed by atoms with Crippen molar-refractivity contribution in [3.05, 3.63) is 35.6 Å². The van der Waals surface area contributed by atoms with E-state index in [2.05, 4.69) is 27.1 Å². The van der Waals surface area contributed by atoms with Crippen LogP contribution in [0.25, 0.3) is 5.73 Å². The first-order valence-corrected chi connectivity index (χ1v) is 8.99. The number of esters is 1. The van der Waals surface area contributed by atoms with Gasteiger partial charge in [-0.2, -0.15) is 0 Å². The molecule has 0 amide bonds. The van der Waals surface area contributed by atoms with Gasteiger partial charge in [-0.15, -0.1) is 11.1 Å². The molecule has 144 valence electrons. The number of hydrogen-bond donors (Lipinski definition) is 0. The summed E-state index contributed by atoms with van der Waals surface area (Å²) in [6.07, 6.45) is 9.15. The quantitative estimate of drug-likeness (QED) is 0.361. The van der Waals surface area contributed by atoms with Crippen LogP contribution in [0.1, 0.15) is 71.8 Å². The van der Waals surface area contributed by atoms with Gasteiger partial charge in [-0.1, -0.05) is 70.7 Å². The van der Waals surface area contributed by atoms with Crippen LogP contribution < -0.4 is 0 Å². The molecule has 1 fully saturated rings. The van der Waals surface area contributed by atoms with Gasteiger partial charge < -0.3 is 15.3 Å². The Balaban J connectivity index is 0.000000464. The molecule has 5 heteroatoms. The first-order valence-electron chi connectivity index (χ1n) is 8.99. The van der Waals surface area contributed by atoms with Crippen LogP contribution in [0.5, 0.6) is 0 Å². The van der Waals surface area contributed by atoms with Gasteiger partial charge in [-0.3, -0.25) is 11.1 Å². The molecule has 0 bridgehead atoms. The van der Waals surface area contributed by atoms with Gasteiger partial charge in [0, 0.05) is 6.92 Å². The normalized spacial score (nSPS) is 18.0. The summed E-state index contributed by atoms with van der Waals surface area (Å²) in [7, 11) is 0. The van der Waals surface area contributed by atoms with Crippen LogP contribution in [0.15, 0.2) is 24.3 Å². The molecule has 1 N–H and O–H groups in total. The average Bonchev–Trinajstić information content (AvgIpc) is 2.53. The SMILES string of the molecule is CC(=O)OCc1ccc([NH-])cc1.CC1(C)CCCC(C)([C-]=O)CCC1.[W+2]. The fourth-order valence-electron chi connectivity index (χ4n) is 3.05. The number of nitrogens with one attached hydrogen (secondary N) is 1. The fraction of sp³-hybridized carbons (Fsp3) is 0.619. The van der Waals surface area contributed by atoms with E-state index in [1.807, 2.05) is 0 Å². The minimum atomic E-state index is -0.287. The number of carbonyl (C=O) groups is 1. The second-order valence-electron chi connectivity index (χ2n) is 8.01. The van der Waals surface area contributed by atoms with E-state index >= 15 is 0 Å². The van der Waals surface area contributed by atoms with E-state index in [0.717, 1.165) is 18.4 Å². The zero-order valence-corrected chi connectivity index (χ0v) is 19.3. The largest absolute Gasteiger partial charge is 2.00 e. The zero-order chi connectivity index (χ0) is 18.9. The molecule has 0 saturated heterocycles. The van der Waals surface area contributed by atoms with Crippen LogP contribution in [0.2, 0.25) is 0 Å². The summed E-state index contributed by atoms with van der Waals surface area (Å²) < 4.78 is 4.77. The second kappa shape index (κ2) is 11.5. The summed E-state index contributed by atoms with van der Waals surface area (Å²) in [6, 6.07) is 6.87. The Kier molecular flexibility index (Phi) is 11.0. The van der Waals surface area contributed by atoms with Crippen molar-refractivity contribution in [2.45, 2.75) is 72.8 Å². The van der Waals surface area contributed by atoms with Crippen molar-refractivity contribution >= 4 is 17.9 Å². The number of rotatable bonds is 3. The Morgan fingerprint density at radius 2 is 1.58 bits per heavy atom. The minimum absolute atomic E-state index is 0. The standard InChI is InChI=1S/C12H21O.C9H10NO2.W/c1-11(2)6-4-8-12(3,10-13)9-5-7-11;1-7(11)12-6-8-2-4-9(10)5-3-8;/h4-9H2,1-3H3;2-5,10H,6H2,1H3;/q2*-1;+2. The average molecular weight is 529 g/mol. The summed E-state index contributed by atoms with van der Waals surface area (Å²) in [5.41, 5.74) is 8.91. The van der Waals surface area contributed by atoms with Gasteiger partial charge in [-0.05, 0) is 23.8 Å². The molecule has 0 spiro atoms. The maximum Gasteiger partial charge on any atom is 2.00 e. The summed E-state index contributed by atoms with van der Waals surface area (Å²) in [5.74, 6) is -0.287. The molecule has 0 unspecified atom stereocenters. The predicted octanol–water partition coefficient (Wildman–Crippen LogP) is 5.91. The molecule has 1 aliphatic carbocycles. The maximum absolute atomic E-state index is 10.8. The molecule has 0 heterocycles. The molecule has 0 radical (unpaired) electrons. The van der Waals surface area contributed by atoms with Crippen LogP contribution >= 0.6 is 0 Å². The summed E-state index contributed by atoms with van der Waals surface area (Å²) >= 11 is 0. The Morgan fingerprint density at radius 3 is 2.00 bits per heavy atom. The third-order valence-corrected chi connectivity index (χ3v) is 4.81. The number of benzene rings is 1. The van der Waals surface area contributed by atoms with Gasteiger partial charge in [0.25, 0.3) is 0 Å². The number of hydrogen-bond acceptors (Lipinski definition) is 3. The van der Waals surface area contributed by atoms with Gasteiger partial charge in [0.2, 0.25) is 0 Å². The van der Waals surface area contributed by atoms with Gasteiger partial charge in [0.1, 0.15) is 6.61 Å². The molecule has 26 heavy (non-hydrogen) atoms. The van der Waals surface area contributed by atoms with E-state index in [1.54, 1.807) is 24.3 Å². The monoisotopic (exact) mass is 529 g/mol. The van der Waals surface area contributed by atoms with Gasteiger partial charge in [-0.25, -0.2) is 0 Å². The van der Waals surface area contributed by atoms with Crippen molar-refractivity contribution in [2.24, 2.45) is 10.8 Å². The summed E-state index contributed by atoms with van der Waals surface area (Å²) in [5, 5.41) is 0. The zero-order valence-electron chi connectivity index (χ0n) is 16.4. The van der Waals surface area contributed by atoms with E-state index in [-0.39, 0.29) is 39.1 Å². The molecule has 1 saturated carbocycles. The van der Waals surface area contributed by atoms with Gasteiger partial charge in [0.05, 0.1) is 0 Å².